The summed E-state index contributed by atoms with van der Waals surface area (Å²) >= 11 is 1.65. The molecule has 0 saturated heterocycles. The molecular weight excluding hydrogens is 362 g/mol. The maximum atomic E-state index is 13.1. The van der Waals surface area contributed by atoms with E-state index >= 15 is 0 Å². The van der Waals surface area contributed by atoms with Crippen LogP contribution in [0, 0.1) is 6.92 Å². The number of aryl methyl sites for hydroxylation is 3. The van der Waals surface area contributed by atoms with Crippen LogP contribution in [0.3, 0.4) is 0 Å². The molecule has 1 aromatic carbocycles. The highest BCUT2D eigenvalue weighted by Gasteiger charge is 2.21. The van der Waals surface area contributed by atoms with Crippen molar-refractivity contribution in [3.05, 3.63) is 50.4 Å². The predicted octanol–water partition coefficient (Wildman–Crippen LogP) is 3.54. The van der Waals surface area contributed by atoms with Gasteiger partial charge in [0.05, 0.1) is 25.8 Å². The SMILES string of the molecule is COc1ccc(/C=N\n2c(C)nc3sc4c(c3c2=O)CCCC4)c(OC)c1. The van der Waals surface area contributed by atoms with Gasteiger partial charge in [-0.15, -0.1) is 11.3 Å². The fourth-order valence-corrected chi connectivity index (χ4v) is 4.78. The highest BCUT2D eigenvalue weighted by atomic mass is 32.1. The number of aromatic nitrogens is 2. The van der Waals surface area contributed by atoms with Gasteiger partial charge in [0.1, 0.15) is 22.2 Å². The Hall–Kier alpha value is -2.67. The third-order valence-electron chi connectivity index (χ3n) is 4.88. The zero-order valence-corrected chi connectivity index (χ0v) is 16.4. The summed E-state index contributed by atoms with van der Waals surface area (Å²) in [5, 5.41) is 5.15. The monoisotopic (exact) mass is 383 g/mol. The first-order chi connectivity index (χ1) is 13.1. The smallest absolute Gasteiger partial charge is 0.283 e. The molecule has 27 heavy (non-hydrogen) atoms. The third kappa shape index (κ3) is 3.12. The van der Waals surface area contributed by atoms with E-state index in [0.717, 1.165) is 35.0 Å². The Bertz CT molecular complexity index is 1100. The van der Waals surface area contributed by atoms with Gasteiger partial charge >= 0.3 is 0 Å². The Morgan fingerprint density at radius 2 is 2.04 bits per heavy atom. The standard InChI is InChI=1S/C20H21N3O3S/c1-12-22-19-18(15-6-4-5-7-17(15)27-19)20(24)23(12)21-11-13-8-9-14(25-2)10-16(13)26-3/h8-11H,4-7H2,1-3H3/b21-11-. The summed E-state index contributed by atoms with van der Waals surface area (Å²) in [5.74, 6) is 1.91. The van der Waals surface area contributed by atoms with Crippen LogP contribution in [0.25, 0.3) is 10.2 Å². The normalized spacial score (nSPS) is 13.9. The Balaban J connectivity index is 1.80. The van der Waals surface area contributed by atoms with Gasteiger partial charge in [0.15, 0.2) is 0 Å². The molecule has 0 fully saturated rings. The number of rotatable bonds is 4. The van der Waals surface area contributed by atoms with Gasteiger partial charge < -0.3 is 9.47 Å². The molecule has 140 valence electrons. The summed E-state index contributed by atoms with van der Waals surface area (Å²) < 4.78 is 12.0. The minimum Gasteiger partial charge on any atom is -0.497 e. The van der Waals surface area contributed by atoms with Gasteiger partial charge in [-0.05, 0) is 50.3 Å². The lowest BCUT2D eigenvalue weighted by Crippen LogP contribution is -2.21. The van der Waals surface area contributed by atoms with E-state index in [1.807, 2.05) is 19.1 Å². The second kappa shape index (κ2) is 7.15. The Morgan fingerprint density at radius 3 is 2.81 bits per heavy atom. The van der Waals surface area contributed by atoms with Gasteiger partial charge in [-0.3, -0.25) is 4.79 Å². The van der Waals surface area contributed by atoms with Crippen LogP contribution in [0.15, 0.2) is 28.1 Å². The molecule has 7 heteroatoms. The van der Waals surface area contributed by atoms with Crippen LogP contribution in [0.4, 0.5) is 0 Å². The molecule has 0 amide bonds. The summed E-state index contributed by atoms with van der Waals surface area (Å²) in [6, 6.07) is 5.46. The van der Waals surface area contributed by atoms with Crippen molar-refractivity contribution in [3.63, 3.8) is 0 Å². The van der Waals surface area contributed by atoms with E-state index in [1.165, 1.54) is 21.5 Å². The van der Waals surface area contributed by atoms with Crippen LogP contribution in [0.1, 0.15) is 34.7 Å². The molecule has 1 aliphatic carbocycles. The van der Waals surface area contributed by atoms with Crippen molar-refractivity contribution in [1.82, 2.24) is 9.66 Å². The zero-order valence-electron chi connectivity index (χ0n) is 15.6. The lowest BCUT2D eigenvalue weighted by atomic mass is 9.97. The number of nitrogens with zero attached hydrogens (tertiary/aromatic N) is 3. The molecule has 0 saturated carbocycles. The highest BCUT2D eigenvalue weighted by Crippen LogP contribution is 2.33. The molecule has 0 unspecified atom stereocenters. The lowest BCUT2D eigenvalue weighted by molar-refractivity contribution is 0.394. The first kappa shape index (κ1) is 17.7. The number of hydrogen-bond acceptors (Lipinski definition) is 6. The molecule has 4 rings (SSSR count). The Labute approximate surface area is 161 Å². The fraction of sp³-hybridized carbons (Fsp3) is 0.350. The summed E-state index contributed by atoms with van der Waals surface area (Å²) in [4.78, 5) is 19.9. The van der Waals surface area contributed by atoms with Gasteiger partial charge in [0.25, 0.3) is 5.56 Å². The first-order valence-corrected chi connectivity index (χ1v) is 9.74. The third-order valence-corrected chi connectivity index (χ3v) is 6.07. The summed E-state index contributed by atoms with van der Waals surface area (Å²) in [7, 11) is 3.20. The highest BCUT2D eigenvalue weighted by molar-refractivity contribution is 7.18. The molecule has 0 aliphatic heterocycles. The van der Waals surface area contributed by atoms with Crippen LogP contribution in [-0.4, -0.2) is 30.1 Å². The van der Waals surface area contributed by atoms with E-state index in [2.05, 4.69) is 10.1 Å². The summed E-state index contributed by atoms with van der Waals surface area (Å²) in [6.07, 6.45) is 5.92. The Kier molecular flexibility index (Phi) is 4.70. The fourth-order valence-electron chi connectivity index (χ4n) is 3.48. The van der Waals surface area contributed by atoms with Gasteiger partial charge in [-0.1, -0.05) is 0 Å². The van der Waals surface area contributed by atoms with Crippen molar-refractivity contribution in [2.45, 2.75) is 32.6 Å². The molecule has 2 heterocycles. The molecule has 0 atom stereocenters. The van der Waals surface area contributed by atoms with Gasteiger partial charge in [0, 0.05) is 16.5 Å². The van der Waals surface area contributed by atoms with Crippen LogP contribution in [-0.2, 0) is 12.8 Å². The molecule has 2 aromatic heterocycles. The van der Waals surface area contributed by atoms with E-state index < -0.39 is 0 Å². The van der Waals surface area contributed by atoms with Gasteiger partial charge in [-0.2, -0.15) is 9.78 Å². The van der Waals surface area contributed by atoms with Crippen molar-refractivity contribution in [2.24, 2.45) is 5.10 Å². The molecule has 0 spiro atoms. The van der Waals surface area contributed by atoms with E-state index in [9.17, 15) is 4.79 Å². The largest absolute Gasteiger partial charge is 0.497 e. The number of benzene rings is 1. The van der Waals surface area contributed by atoms with Crippen LogP contribution in [0.5, 0.6) is 11.5 Å². The van der Waals surface area contributed by atoms with Gasteiger partial charge in [0.2, 0.25) is 0 Å². The molecule has 1 aliphatic rings. The number of methoxy groups -OCH3 is 2. The zero-order chi connectivity index (χ0) is 19.0. The van der Waals surface area contributed by atoms with E-state index in [1.54, 1.807) is 37.8 Å². The molecule has 3 aromatic rings. The molecule has 0 bridgehead atoms. The molecule has 6 nitrogen and oxygen atoms in total. The maximum absolute atomic E-state index is 13.1. The molecular formula is C20H21N3O3S. The van der Waals surface area contributed by atoms with Crippen LogP contribution in [0.2, 0.25) is 0 Å². The lowest BCUT2D eigenvalue weighted by Gasteiger charge is -2.10. The topological polar surface area (TPSA) is 65.7 Å². The maximum Gasteiger partial charge on any atom is 0.283 e. The van der Waals surface area contributed by atoms with Crippen molar-refractivity contribution < 1.29 is 9.47 Å². The number of thiophene rings is 1. The minimum atomic E-state index is -0.0966. The van der Waals surface area contributed by atoms with E-state index in [4.69, 9.17) is 9.47 Å². The van der Waals surface area contributed by atoms with Crippen molar-refractivity contribution in [1.29, 1.82) is 0 Å². The van der Waals surface area contributed by atoms with Crippen molar-refractivity contribution in [2.75, 3.05) is 14.2 Å². The number of ether oxygens (including phenoxy) is 2. The second-order valence-corrected chi connectivity index (χ2v) is 7.60. The average molecular weight is 383 g/mol. The average Bonchev–Trinajstić information content (AvgIpc) is 3.05. The van der Waals surface area contributed by atoms with Crippen LogP contribution >= 0.6 is 11.3 Å². The van der Waals surface area contributed by atoms with Crippen molar-refractivity contribution in [3.8, 4) is 11.5 Å². The van der Waals surface area contributed by atoms with Gasteiger partial charge in [-0.25, -0.2) is 4.98 Å². The Morgan fingerprint density at radius 1 is 1.22 bits per heavy atom. The predicted molar refractivity (Wildman–Crippen MR) is 108 cm³/mol. The number of fused-ring (bicyclic) bond motifs is 3. The summed E-state index contributed by atoms with van der Waals surface area (Å²) in [6.45, 7) is 1.81. The van der Waals surface area contributed by atoms with E-state index in [-0.39, 0.29) is 5.56 Å². The quantitative estimate of drug-likeness (QED) is 0.647. The van der Waals surface area contributed by atoms with Crippen molar-refractivity contribution >= 4 is 27.8 Å². The number of hydrogen-bond donors (Lipinski definition) is 0. The first-order valence-electron chi connectivity index (χ1n) is 8.92. The molecule has 0 N–H and O–H groups in total. The van der Waals surface area contributed by atoms with E-state index in [0.29, 0.717) is 17.3 Å². The summed E-state index contributed by atoms with van der Waals surface area (Å²) in [5.41, 5.74) is 1.84. The van der Waals surface area contributed by atoms with Crippen LogP contribution < -0.4 is 15.0 Å². The molecule has 0 radical (unpaired) electrons. The second-order valence-electron chi connectivity index (χ2n) is 6.52. The minimum absolute atomic E-state index is 0.0966.